The minimum Gasteiger partial charge on any atom is -0.299 e. The van der Waals surface area contributed by atoms with E-state index in [1.54, 1.807) is 37.7 Å². The Kier molecular flexibility index (Phi) is 4.42. The van der Waals surface area contributed by atoms with Crippen LogP contribution in [0.25, 0.3) is 0 Å². The van der Waals surface area contributed by atoms with Gasteiger partial charge in [-0.2, -0.15) is 0 Å². The molecule has 0 aromatic carbocycles. The van der Waals surface area contributed by atoms with Crippen molar-refractivity contribution in [2.75, 3.05) is 5.75 Å². The molecule has 18 heavy (non-hydrogen) atoms. The van der Waals surface area contributed by atoms with E-state index in [0.717, 1.165) is 6.42 Å². The first-order chi connectivity index (χ1) is 8.19. The lowest BCUT2D eigenvalue weighted by Crippen LogP contribution is -2.34. The van der Waals surface area contributed by atoms with Gasteiger partial charge < -0.3 is 0 Å². The third kappa shape index (κ3) is 3.25. The normalized spacial score (nSPS) is 12.9. The number of sulfone groups is 1. The second-order valence-electron chi connectivity index (χ2n) is 5.40. The summed E-state index contributed by atoms with van der Waals surface area (Å²) < 4.78 is 26.2. The highest BCUT2D eigenvalue weighted by Crippen LogP contribution is 2.15. The van der Waals surface area contributed by atoms with Gasteiger partial charge in [0.1, 0.15) is 0 Å². The van der Waals surface area contributed by atoms with Crippen LogP contribution in [-0.2, 0) is 22.9 Å². The molecule has 6 heteroatoms. The maximum absolute atomic E-state index is 11.9. The van der Waals surface area contributed by atoms with E-state index in [2.05, 4.69) is 0 Å². The average molecular weight is 274 g/mol. The van der Waals surface area contributed by atoms with E-state index in [0.29, 0.717) is 6.54 Å². The maximum atomic E-state index is 11.9. The molecule has 0 amide bonds. The molecule has 0 N–H and O–H groups in total. The fraction of sp³-hybridized carbons (Fsp3) is 0.750. The van der Waals surface area contributed by atoms with Crippen LogP contribution in [0.1, 0.15) is 34.1 Å². The minimum absolute atomic E-state index is 0.00740. The van der Waals surface area contributed by atoms with Gasteiger partial charge in [-0.1, -0.05) is 6.92 Å². The van der Waals surface area contributed by atoms with E-state index in [1.807, 2.05) is 6.92 Å². The molecule has 0 saturated heterocycles. The number of hydrogen-bond donors (Lipinski definition) is 0. The van der Waals surface area contributed by atoms with E-state index in [9.17, 15) is 13.2 Å². The SMILES string of the molecule is CCCn1ccn(CCS(=O)(=O)C(C)(C)C)c1=O. The summed E-state index contributed by atoms with van der Waals surface area (Å²) in [6.45, 7) is 7.90. The molecule has 1 aromatic rings. The van der Waals surface area contributed by atoms with Gasteiger partial charge in [-0.15, -0.1) is 0 Å². The Morgan fingerprint density at radius 1 is 1.11 bits per heavy atom. The van der Waals surface area contributed by atoms with Crippen molar-refractivity contribution < 1.29 is 8.42 Å². The zero-order valence-electron chi connectivity index (χ0n) is 11.5. The zero-order chi connectivity index (χ0) is 14.0. The second-order valence-corrected chi connectivity index (χ2v) is 8.26. The van der Waals surface area contributed by atoms with Gasteiger partial charge in [0, 0.05) is 25.5 Å². The molecule has 1 aromatic heterocycles. The van der Waals surface area contributed by atoms with Crippen LogP contribution in [0.4, 0.5) is 0 Å². The van der Waals surface area contributed by atoms with E-state index >= 15 is 0 Å². The third-order valence-electron chi connectivity index (χ3n) is 2.92. The highest BCUT2D eigenvalue weighted by Gasteiger charge is 2.28. The van der Waals surface area contributed by atoms with Crippen LogP contribution in [0, 0.1) is 0 Å². The Balaban J connectivity index is 2.80. The van der Waals surface area contributed by atoms with Gasteiger partial charge >= 0.3 is 5.69 Å². The Hall–Kier alpha value is -1.04. The maximum Gasteiger partial charge on any atom is 0.328 e. The summed E-state index contributed by atoms with van der Waals surface area (Å²) in [5.74, 6) is -0.00740. The lowest BCUT2D eigenvalue weighted by Gasteiger charge is -2.18. The van der Waals surface area contributed by atoms with Gasteiger partial charge in [-0.25, -0.2) is 13.2 Å². The van der Waals surface area contributed by atoms with Crippen molar-refractivity contribution in [1.29, 1.82) is 0 Å². The molecular weight excluding hydrogens is 252 g/mol. The molecule has 1 rings (SSSR count). The standard InChI is InChI=1S/C12H22N2O3S/c1-5-6-13-7-8-14(11(13)15)9-10-18(16,17)12(2,3)4/h7-8H,5-6,9-10H2,1-4H3. The molecule has 0 radical (unpaired) electrons. The molecule has 0 unspecified atom stereocenters. The van der Waals surface area contributed by atoms with Crippen LogP contribution in [0.15, 0.2) is 17.2 Å². The first-order valence-electron chi connectivity index (χ1n) is 6.17. The summed E-state index contributed by atoms with van der Waals surface area (Å²) >= 11 is 0. The summed E-state index contributed by atoms with van der Waals surface area (Å²) in [5, 5.41) is 0. The van der Waals surface area contributed by atoms with Crippen molar-refractivity contribution >= 4 is 9.84 Å². The molecule has 0 spiro atoms. The number of nitrogens with zero attached hydrogens (tertiary/aromatic N) is 2. The van der Waals surface area contributed by atoms with Crippen LogP contribution in [-0.4, -0.2) is 28.1 Å². The van der Waals surface area contributed by atoms with Crippen LogP contribution in [0.2, 0.25) is 0 Å². The number of aryl methyl sites for hydroxylation is 2. The number of imidazole rings is 1. The summed E-state index contributed by atoms with van der Waals surface area (Å²) in [7, 11) is -3.18. The van der Waals surface area contributed by atoms with E-state index in [-0.39, 0.29) is 18.0 Å². The highest BCUT2D eigenvalue weighted by atomic mass is 32.2. The highest BCUT2D eigenvalue weighted by molar-refractivity contribution is 7.92. The zero-order valence-corrected chi connectivity index (χ0v) is 12.3. The van der Waals surface area contributed by atoms with Crippen molar-refractivity contribution in [3.8, 4) is 0 Å². The van der Waals surface area contributed by atoms with Gasteiger partial charge in [0.15, 0.2) is 9.84 Å². The lowest BCUT2D eigenvalue weighted by molar-refractivity contribution is 0.550. The molecule has 0 bridgehead atoms. The molecule has 0 saturated carbocycles. The fourth-order valence-electron chi connectivity index (χ4n) is 1.56. The molecular formula is C12H22N2O3S. The van der Waals surface area contributed by atoms with Crippen LogP contribution < -0.4 is 5.69 Å². The summed E-state index contributed by atoms with van der Waals surface area (Å²) in [6.07, 6.45) is 4.23. The molecule has 5 nitrogen and oxygen atoms in total. The number of aromatic nitrogens is 2. The fourth-order valence-corrected chi connectivity index (χ4v) is 2.61. The summed E-state index contributed by atoms with van der Waals surface area (Å²) in [4.78, 5) is 11.9. The molecule has 0 aliphatic rings. The summed E-state index contributed by atoms with van der Waals surface area (Å²) in [6, 6.07) is 0. The Morgan fingerprint density at radius 3 is 2.06 bits per heavy atom. The number of hydrogen-bond acceptors (Lipinski definition) is 3. The predicted molar refractivity (Wildman–Crippen MR) is 72.5 cm³/mol. The molecule has 0 aliphatic carbocycles. The van der Waals surface area contributed by atoms with Gasteiger partial charge in [0.25, 0.3) is 0 Å². The molecule has 1 heterocycles. The third-order valence-corrected chi connectivity index (χ3v) is 5.50. The van der Waals surface area contributed by atoms with E-state index < -0.39 is 14.6 Å². The van der Waals surface area contributed by atoms with Crippen molar-refractivity contribution in [3.05, 3.63) is 22.9 Å². The lowest BCUT2D eigenvalue weighted by atomic mass is 10.3. The first-order valence-corrected chi connectivity index (χ1v) is 7.82. The molecule has 0 aliphatic heterocycles. The van der Waals surface area contributed by atoms with E-state index in [4.69, 9.17) is 0 Å². The van der Waals surface area contributed by atoms with Crippen LogP contribution >= 0.6 is 0 Å². The van der Waals surface area contributed by atoms with Gasteiger partial charge in [0.05, 0.1) is 10.5 Å². The first kappa shape index (κ1) is 15.0. The number of rotatable bonds is 5. The van der Waals surface area contributed by atoms with Gasteiger partial charge in [-0.05, 0) is 27.2 Å². The van der Waals surface area contributed by atoms with Gasteiger partial charge in [0.2, 0.25) is 0 Å². The Bertz CT molecular complexity index is 547. The Labute approximate surface area is 108 Å². The second kappa shape index (κ2) is 5.30. The molecule has 104 valence electrons. The molecule has 0 atom stereocenters. The van der Waals surface area contributed by atoms with E-state index in [1.165, 1.54) is 4.57 Å². The van der Waals surface area contributed by atoms with Crippen molar-refractivity contribution in [2.45, 2.75) is 52.0 Å². The van der Waals surface area contributed by atoms with Crippen LogP contribution in [0.3, 0.4) is 0 Å². The van der Waals surface area contributed by atoms with Crippen molar-refractivity contribution in [1.82, 2.24) is 9.13 Å². The predicted octanol–water partition coefficient (Wildman–Crippen LogP) is 1.27. The minimum atomic E-state index is -3.18. The van der Waals surface area contributed by atoms with Crippen molar-refractivity contribution in [2.24, 2.45) is 0 Å². The van der Waals surface area contributed by atoms with Crippen LogP contribution in [0.5, 0.6) is 0 Å². The smallest absolute Gasteiger partial charge is 0.299 e. The summed E-state index contributed by atoms with van der Waals surface area (Å²) in [5.41, 5.74) is -0.138. The quantitative estimate of drug-likeness (QED) is 0.812. The largest absolute Gasteiger partial charge is 0.328 e. The monoisotopic (exact) mass is 274 g/mol. The van der Waals surface area contributed by atoms with Gasteiger partial charge in [-0.3, -0.25) is 9.13 Å². The average Bonchev–Trinajstić information content (AvgIpc) is 2.57. The van der Waals surface area contributed by atoms with Crippen molar-refractivity contribution in [3.63, 3.8) is 0 Å². The topological polar surface area (TPSA) is 61.1 Å². The molecule has 0 fully saturated rings. The Morgan fingerprint density at radius 2 is 1.61 bits per heavy atom.